The minimum atomic E-state index is 0.606. The van der Waals surface area contributed by atoms with E-state index in [1.54, 1.807) is 7.11 Å². The molecule has 0 spiro atoms. The second kappa shape index (κ2) is 9.01. The molecule has 2 aromatic heterocycles. The average Bonchev–Trinajstić information content (AvgIpc) is 3.39. The molecule has 3 aromatic rings. The number of benzene rings is 1. The molecule has 0 saturated carbocycles. The molecule has 0 amide bonds. The molecule has 0 bridgehead atoms. The molecule has 4 rings (SSSR count). The molecule has 0 saturated heterocycles. The summed E-state index contributed by atoms with van der Waals surface area (Å²) < 4.78 is 19.2. The fourth-order valence-electron chi connectivity index (χ4n) is 3.61. The molecule has 3 heterocycles. The lowest BCUT2D eigenvalue weighted by atomic mass is 10.1. The topological polar surface area (TPSA) is 52.7 Å². The van der Waals surface area contributed by atoms with Crippen molar-refractivity contribution in [1.82, 2.24) is 14.5 Å². The zero-order valence-electron chi connectivity index (χ0n) is 17.0. The number of hydrogen-bond acceptors (Lipinski definition) is 5. The van der Waals surface area contributed by atoms with Crippen molar-refractivity contribution >= 4 is 6.08 Å². The van der Waals surface area contributed by atoms with Crippen LogP contribution in [0.4, 0.5) is 0 Å². The first-order valence-corrected chi connectivity index (χ1v) is 9.93. The second-order valence-electron chi connectivity index (χ2n) is 7.37. The minimum absolute atomic E-state index is 0.606. The number of aryl methyl sites for hydroxylation is 2. The van der Waals surface area contributed by atoms with Gasteiger partial charge in [0.2, 0.25) is 0 Å². The van der Waals surface area contributed by atoms with E-state index in [2.05, 4.69) is 26.6 Å². The van der Waals surface area contributed by atoms with Crippen LogP contribution in [0.25, 0.3) is 6.08 Å². The van der Waals surface area contributed by atoms with Crippen LogP contribution >= 0.6 is 0 Å². The fourth-order valence-corrected chi connectivity index (χ4v) is 3.61. The SMILES string of the molecule is COc1ccc2c(c1)C=C(CN(CCCn1ccnc1)Cc1ccc(C)o1)CO2. The van der Waals surface area contributed by atoms with Gasteiger partial charge < -0.3 is 18.5 Å². The molecule has 0 unspecified atom stereocenters. The number of furan rings is 1. The molecule has 0 atom stereocenters. The Morgan fingerprint density at radius 2 is 2.14 bits per heavy atom. The van der Waals surface area contributed by atoms with Crippen molar-refractivity contribution in [2.75, 3.05) is 26.8 Å². The summed E-state index contributed by atoms with van der Waals surface area (Å²) in [4.78, 5) is 6.53. The predicted molar refractivity (Wildman–Crippen MR) is 112 cm³/mol. The highest BCUT2D eigenvalue weighted by Gasteiger charge is 2.16. The van der Waals surface area contributed by atoms with Crippen LogP contribution in [0.1, 0.15) is 23.5 Å². The molecule has 0 radical (unpaired) electrons. The average molecular weight is 393 g/mol. The Balaban J connectivity index is 1.45. The Kier molecular flexibility index (Phi) is 6.00. The van der Waals surface area contributed by atoms with Crippen LogP contribution in [0.15, 0.2) is 59.0 Å². The summed E-state index contributed by atoms with van der Waals surface area (Å²) in [6.07, 6.45) is 8.94. The largest absolute Gasteiger partial charge is 0.497 e. The van der Waals surface area contributed by atoms with Gasteiger partial charge in [-0.05, 0) is 55.3 Å². The van der Waals surface area contributed by atoms with Crippen molar-refractivity contribution in [3.05, 3.63) is 71.7 Å². The number of nitrogens with zero attached hydrogens (tertiary/aromatic N) is 3. The number of aromatic nitrogens is 2. The molecular weight excluding hydrogens is 366 g/mol. The fraction of sp³-hybridized carbons (Fsp3) is 0.348. The van der Waals surface area contributed by atoms with E-state index in [0.717, 1.165) is 61.2 Å². The molecule has 0 aliphatic carbocycles. The van der Waals surface area contributed by atoms with Gasteiger partial charge in [0.15, 0.2) is 0 Å². The monoisotopic (exact) mass is 393 g/mol. The smallest absolute Gasteiger partial charge is 0.127 e. The molecular formula is C23H27N3O3. The van der Waals surface area contributed by atoms with Crippen molar-refractivity contribution in [1.29, 1.82) is 0 Å². The maximum absolute atomic E-state index is 5.97. The van der Waals surface area contributed by atoms with Crippen molar-refractivity contribution in [3.63, 3.8) is 0 Å². The van der Waals surface area contributed by atoms with Gasteiger partial charge in [0.1, 0.15) is 29.6 Å². The van der Waals surface area contributed by atoms with Crippen molar-refractivity contribution < 1.29 is 13.9 Å². The Morgan fingerprint density at radius 1 is 1.21 bits per heavy atom. The lowest BCUT2D eigenvalue weighted by molar-refractivity contribution is 0.240. The molecule has 29 heavy (non-hydrogen) atoms. The van der Waals surface area contributed by atoms with E-state index in [4.69, 9.17) is 13.9 Å². The summed E-state index contributed by atoms with van der Waals surface area (Å²) in [5.41, 5.74) is 2.31. The van der Waals surface area contributed by atoms with Crippen molar-refractivity contribution in [2.24, 2.45) is 0 Å². The third-order valence-corrected chi connectivity index (χ3v) is 5.04. The molecule has 0 fully saturated rings. The van der Waals surface area contributed by atoms with E-state index in [9.17, 15) is 0 Å². The normalized spacial score (nSPS) is 13.1. The van der Waals surface area contributed by atoms with Crippen molar-refractivity contribution in [3.8, 4) is 11.5 Å². The molecule has 1 aliphatic heterocycles. The van der Waals surface area contributed by atoms with Gasteiger partial charge in [-0.25, -0.2) is 4.98 Å². The standard InChI is InChI=1S/C23H27N3O3/c1-18-4-5-22(29-18)15-26(10-3-9-25-11-8-24-17-25)14-19-12-20-13-21(27-2)6-7-23(20)28-16-19/h4-8,11-13,17H,3,9-10,14-16H2,1-2H3. The van der Waals surface area contributed by atoms with E-state index in [1.807, 2.05) is 49.9 Å². The first kappa shape index (κ1) is 19.3. The highest BCUT2D eigenvalue weighted by Crippen LogP contribution is 2.30. The van der Waals surface area contributed by atoms with Gasteiger partial charge >= 0.3 is 0 Å². The molecule has 0 N–H and O–H groups in total. The van der Waals surface area contributed by atoms with Gasteiger partial charge in [-0.15, -0.1) is 0 Å². The maximum Gasteiger partial charge on any atom is 0.127 e. The highest BCUT2D eigenvalue weighted by atomic mass is 16.5. The van der Waals surface area contributed by atoms with E-state index >= 15 is 0 Å². The van der Waals surface area contributed by atoms with Crippen molar-refractivity contribution in [2.45, 2.75) is 26.4 Å². The zero-order valence-corrected chi connectivity index (χ0v) is 17.0. The van der Waals surface area contributed by atoms with Gasteiger partial charge in [0, 0.05) is 37.6 Å². The summed E-state index contributed by atoms with van der Waals surface area (Å²) in [6.45, 7) is 6.10. The van der Waals surface area contributed by atoms with E-state index in [0.29, 0.717) is 6.61 Å². The van der Waals surface area contributed by atoms with Crippen LogP contribution in [0.3, 0.4) is 0 Å². The summed E-state index contributed by atoms with van der Waals surface area (Å²) in [5, 5.41) is 0. The van der Waals surface area contributed by atoms with Crippen LogP contribution in [0, 0.1) is 6.92 Å². The number of methoxy groups -OCH3 is 1. The van der Waals surface area contributed by atoms with Gasteiger partial charge in [-0.2, -0.15) is 0 Å². The number of fused-ring (bicyclic) bond motifs is 1. The Labute approximate surface area is 171 Å². The number of imidazole rings is 1. The number of hydrogen-bond donors (Lipinski definition) is 0. The molecule has 1 aromatic carbocycles. The summed E-state index contributed by atoms with van der Waals surface area (Å²) in [7, 11) is 1.68. The zero-order chi connectivity index (χ0) is 20.1. The summed E-state index contributed by atoms with van der Waals surface area (Å²) in [6, 6.07) is 10.00. The Bertz CT molecular complexity index is 960. The van der Waals surface area contributed by atoms with Gasteiger partial charge in [0.25, 0.3) is 0 Å². The lowest BCUT2D eigenvalue weighted by Crippen LogP contribution is -2.29. The van der Waals surface area contributed by atoms with E-state index < -0.39 is 0 Å². The molecule has 6 heteroatoms. The predicted octanol–water partition coefficient (Wildman–Crippen LogP) is 4.16. The number of rotatable bonds is 9. The molecule has 6 nitrogen and oxygen atoms in total. The Hall–Kier alpha value is -2.99. The van der Waals surface area contributed by atoms with Gasteiger partial charge in [0.05, 0.1) is 20.0 Å². The lowest BCUT2D eigenvalue weighted by Gasteiger charge is -2.25. The van der Waals surface area contributed by atoms with Gasteiger partial charge in [-0.1, -0.05) is 0 Å². The molecule has 152 valence electrons. The number of ether oxygens (including phenoxy) is 2. The minimum Gasteiger partial charge on any atom is -0.497 e. The molecule has 1 aliphatic rings. The van der Waals surface area contributed by atoms with E-state index in [1.165, 1.54) is 5.57 Å². The maximum atomic E-state index is 5.97. The van der Waals surface area contributed by atoms with Crippen LogP contribution in [-0.2, 0) is 13.1 Å². The summed E-state index contributed by atoms with van der Waals surface area (Å²) >= 11 is 0. The first-order chi connectivity index (χ1) is 14.2. The highest BCUT2D eigenvalue weighted by molar-refractivity contribution is 5.64. The van der Waals surface area contributed by atoms with Crippen LogP contribution in [-0.4, -0.2) is 41.3 Å². The first-order valence-electron chi connectivity index (χ1n) is 9.93. The third-order valence-electron chi connectivity index (χ3n) is 5.04. The van der Waals surface area contributed by atoms with Crippen LogP contribution in [0.5, 0.6) is 11.5 Å². The van der Waals surface area contributed by atoms with Gasteiger partial charge in [-0.3, -0.25) is 4.90 Å². The summed E-state index contributed by atoms with van der Waals surface area (Å²) in [5.74, 6) is 3.68. The third kappa shape index (κ3) is 5.09. The van der Waals surface area contributed by atoms with E-state index in [-0.39, 0.29) is 0 Å². The Morgan fingerprint density at radius 3 is 2.90 bits per heavy atom. The van der Waals surface area contributed by atoms with Crippen LogP contribution < -0.4 is 9.47 Å². The quantitative estimate of drug-likeness (QED) is 0.546. The second-order valence-corrected chi connectivity index (χ2v) is 7.37. The van der Waals surface area contributed by atoms with Crippen LogP contribution in [0.2, 0.25) is 0 Å².